The lowest BCUT2D eigenvalue weighted by Crippen LogP contribution is -2.47. The third-order valence-electron chi connectivity index (χ3n) is 4.21. The maximum atomic E-state index is 12.0. The highest BCUT2D eigenvalue weighted by Gasteiger charge is 2.29. The van der Waals surface area contributed by atoms with Gasteiger partial charge in [0.2, 0.25) is 5.91 Å². The highest BCUT2D eigenvalue weighted by atomic mass is 16.5. The van der Waals surface area contributed by atoms with Crippen molar-refractivity contribution in [3.8, 4) is 0 Å². The Labute approximate surface area is 115 Å². The minimum Gasteiger partial charge on any atom is -0.381 e. The Balaban J connectivity index is 1.83. The van der Waals surface area contributed by atoms with Crippen molar-refractivity contribution in [3.05, 3.63) is 0 Å². The van der Waals surface area contributed by atoms with Gasteiger partial charge < -0.3 is 15.8 Å². The molecular formula is C14H27N3O2. The molecule has 2 aliphatic rings. The number of hydrogen-bond donors (Lipinski definition) is 2. The topological polar surface area (TPSA) is 67.6 Å². The molecule has 2 aliphatic heterocycles. The zero-order valence-electron chi connectivity index (χ0n) is 11.8. The van der Waals surface area contributed by atoms with Crippen molar-refractivity contribution in [1.29, 1.82) is 0 Å². The van der Waals surface area contributed by atoms with Crippen molar-refractivity contribution in [2.75, 3.05) is 39.4 Å². The Morgan fingerprint density at radius 2 is 2.16 bits per heavy atom. The van der Waals surface area contributed by atoms with E-state index in [-0.39, 0.29) is 11.8 Å². The first kappa shape index (κ1) is 14.8. The van der Waals surface area contributed by atoms with Gasteiger partial charge in [-0.05, 0) is 38.6 Å². The van der Waals surface area contributed by atoms with E-state index in [1.54, 1.807) is 0 Å². The molecule has 110 valence electrons. The minimum atomic E-state index is 0.143. The summed E-state index contributed by atoms with van der Waals surface area (Å²) >= 11 is 0. The maximum absolute atomic E-state index is 12.0. The summed E-state index contributed by atoms with van der Waals surface area (Å²) in [6.07, 6.45) is 5.59. The van der Waals surface area contributed by atoms with E-state index in [0.717, 1.165) is 52.0 Å². The lowest BCUT2D eigenvalue weighted by atomic mass is 9.94. The molecule has 0 radical (unpaired) electrons. The molecule has 0 aromatic rings. The van der Waals surface area contributed by atoms with Crippen molar-refractivity contribution in [2.24, 2.45) is 11.7 Å². The molecular weight excluding hydrogens is 242 g/mol. The van der Waals surface area contributed by atoms with Crippen LogP contribution in [0.15, 0.2) is 0 Å². The highest BCUT2D eigenvalue weighted by Crippen LogP contribution is 2.23. The number of ether oxygens (including phenoxy) is 1. The van der Waals surface area contributed by atoms with Crippen LogP contribution in [0.25, 0.3) is 0 Å². The number of rotatable bonds is 4. The van der Waals surface area contributed by atoms with Crippen LogP contribution in [0.4, 0.5) is 0 Å². The van der Waals surface area contributed by atoms with Gasteiger partial charge in [0, 0.05) is 38.9 Å². The third kappa shape index (κ3) is 4.44. The largest absolute Gasteiger partial charge is 0.381 e. The smallest absolute Gasteiger partial charge is 0.224 e. The second kappa shape index (κ2) is 7.82. The Bertz CT molecular complexity index is 278. The zero-order valence-corrected chi connectivity index (χ0v) is 11.8. The van der Waals surface area contributed by atoms with Crippen LogP contribution in [-0.2, 0) is 9.53 Å². The number of piperidine rings is 1. The monoisotopic (exact) mass is 269 g/mol. The average Bonchev–Trinajstić information content (AvgIpc) is 2.74. The van der Waals surface area contributed by atoms with Crippen LogP contribution >= 0.6 is 0 Å². The van der Waals surface area contributed by atoms with Gasteiger partial charge in [-0.1, -0.05) is 0 Å². The Morgan fingerprint density at radius 3 is 3.00 bits per heavy atom. The van der Waals surface area contributed by atoms with Gasteiger partial charge in [0.05, 0.1) is 5.92 Å². The predicted molar refractivity (Wildman–Crippen MR) is 74.8 cm³/mol. The van der Waals surface area contributed by atoms with Crippen LogP contribution < -0.4 is 11.1 Å². The predicted octanol–water partition coefficient (Wildman–Crippen LogP) is 0.342. The molecule has 19 heavy (non-hydrogen) atoms. The van der Waals surface area contributed by atoms with E-state index in [1.807, 2.05) is 0 Å². The first-order chi connectivity index (χ1) is 9.31. The summed E-state index contributed by atoms with van der Waals surface area (Å²) < 4.78 is 5.52. The van der Waals surface area contributed by atoms with Crippen LogP contribution in [0.3, 0.4) is 0 Å². The van der Waals surface area contributed by atoms with Gasteiger partial charge >= 0.3 is 0 Å². The van der Waals surface area contributed by atoms with Crippen LogP contribution in [0.5, 0.6) is 0 Å². The van der Waals surface area contributed by atoms with E-state index < -0.39 is 0 Å². The van der Waals surface area contributed by atoms with E-state index in [2.05, 4.69) is 10.2 Å². The number of carbonyl (C=O) groups is 1. The van der Waals surface area contributed by atoms with E-state index in [4.69, 9.17) is 10.5 Å². The minimum absolute atomic E-state index is 0.143. The van der Waals surface area contributed by atoms with Gasteiger partial charge in [0.1, 0.15) is 0 Å². The van der Waals surface area contributed by atoms with Gasteiger partial charge in [0.15, 0.2) is 0 Å². The van der Waals surface area contributed by atoms with E-state index >= 15 is 0 Å². The van der Waals surface area contributed by atoms with E-state index in [9.17, 15) is 4.79 Å². The SMILES string of the molecule is NCCNC(=O)C1CCCN(C2CCCOCC2)C1. The number of carbonyl (C=O) groups excluding carboxylic acids is 1. The molecule has 5 nitrogen and oxygen atoms in total. The summed E-state index contributed by atoms with van der Waals surface area (Å²) in [5.74, 6) is 0.324. The van der Waals surface area contributed by atoms with Gasteiger partial charge in [0.25, 0.3) is 0 Å². The molecule has 1 amide bonds. The van der Waals surface area contributed by atoms with Crippen molar-refractivity contribution < 1.29 is 9.53 Å². The molecule has 2 fully saturated rings. The molecule has 2 heterocycles. The first-order valence-electron chi connectivity index (χ1n) is 7.61. The Morgan fingerprint density at radius 1 is 1.26 bits per heavy atom. The molecule has 2 unspecified atom stereocenters. The third-order valence-corrected chi connectivity index (χ3v) is 4.21. The summed E-state index contributed by atoms with van der Waals surface area (Å²) in [5.41, 5.74) is 5.43. The lowest BCUT2D eigenvalue weighted by molar-refractivity contribution is -0.127. The van der Waals surface area contributed by atoms with Gasteiger partial charge in [-0.2, -0.15) is 0 Å². The van der Waals surface area contributed by atoms with Crippen molar-refractivity contribution in [2.45, 2.75) is 38.1 Å². The maximum Gasteiger partial charge on any atom is 0.224 e. The number of hydrogen-bond acceptors (Lipinski definition) is 4. The molecule has 0 saturated carbocycles. The van der Waals surface area contributed by atoms with E-state index in [1.165, 1.54) is 6.42 Å². The second-order valence-corrected chi connectivity index (χ2v) is 5.61. The quantitative estimate of drug-likeness (QED) is 0.772. The number of nitrogens with one attached hydrogen (secondary N) is 1. The number of likely N-dealkylation sites (tertiary alicyclic amines) is 1. The Kier molecular flexibility index (Phi) is 6.07. The number of nitrogens with zero attached hydrogens (tertiary/aromatic N) is 1. The van der Waals surface area contributed by atoms with Crippen molar-refractivity contribution >= 4 is 5.91 Å². The van der Waals surface area contributed by atoms with E-state index in [0.29, 0.717) is 19.1 Å². The first-order valence-corrected chi connectivity index (χ1v) is 7.61. The molecule has 5 heteroatoms. The fourth-order valence-corrected chi connectivity index (χ4v) is 3.14. The van der Waals surface area contributed by atoms with Crippen LogP contribution in [0.1, 0.15) is 32.1 Å². The summed E-state index contributed by atoms with van der Waals surface area (Å²) in [6, 6.07) is 0.604. The number of amides is 1. The lowest BCUT2D eigenvalue weighted by Gasteiger charge is -2.37. The summed E-state index contributed by atoms with van der Waals surface area (Å²) in [7, 11) is 0. The van der Waals surface area contributed by atoms with Crippen molar-refractivity contribution in [3.63, 3.8) is 0 Å². The molecule has 0 aromatic carbocycles. The van der Waals surface area contributed by atoms with Crippen molar-refractivity contribution in [1.82, 2.24) is 10.2 Å². The molecule has 0 aromatic heterocycles. The van der Waals surface area contributed by atoms with Gasteiger partial charge in [-0.3, -0.25) is 9.69 Å². The second-order valence-electron chi connectivity index (χ2n) is 5.61. The summed E-state index contributed by atoms with van der Waals surface area (Å²) in [4.78, 5) is 14.5. The highest BCUT2D eigenvalue weighted by molar-refractivity contribution is 5.78. The molecule has 2 atom stereocenters. The van der Waals surface area contributed by atoms with Gasteiger partial charge in [-0.15, -0.1) is 0 Å². The molecule has 2 saturated heterocycles. The number of nitrogens with two attached hydrogens (primary N) is 1. The molecule has 2 rings (SSSR count). The fourth-order valence-electron chi connectivity index (χ4n) is 3.14. The van der Waals surface area contributed by atoms with Crippen LogP contribution in [0, 0.1) is 5.92 Å². The molecule has 0 bridgehead atoms. The van der Waals surface area contributed by atoms with Crippen LogP contribution in [-0.4, -0.2) is 56.2 Å². The Hall–Kier alpha value is -0.650. The molecule has 0 aliphatic carbocycles. The summed E-state index contributed by atoms with van der Waals surface area (Å²) in [6.45, 7) is 4.90. The molecule has 3 N–H and O–H groups in total. The fraction of sp³-hybridized carbons (Fsp3) is 0.929. The zero-order chi connectivity index (χ0) is 13.5. The standard InChI is InChI=1S/C14H27N3O2/c15-6-7-16-14(18)12-3-1-8-17(11-12)13-4-2-9-19-10-5-13/h12-13H,1-11,15H2,(H,16,18). The summed E-state index contributed by atoms with van der Waals surface area (Å²) in [5, 5.41) is 2.92. The van der Waals surface area contributed by atoms with Crippen LogP contribution in [0.2, 0.25) is 0 Å². The normalized spacial score (nSPS) is 29.7. The average molecular weight is 269 g/mol. The molecule has 0 spiro atoms. The van der Waals surface area contributed by atoms with Gasteiger partial charge in [-0.25, -0.2) is 0 Å².